The van der Waals surface area contributed by atoms with Crippen LogP contribution in [-0.4, -0.2) is 218 Å². The molecule has 2 aromatic heterocycles. The fourth-order valence-corrected chi connectivity index (χ4v) is 6.26. The lowest BCUT2D eigenvalue weighted by molar-refractivity contribution is -0.131. The van der Waals surface area contributed by atoms with Gasteiger partial charge in [-0.25, -0.2) is 14.6 Å². The van der Waals surface area contributed by atoms with Gasteiger partial charge in [-0.1, -0.05) is 75.4 Å². The van der Waals surface area contributed by atoms with Gasteiger partial charge in [0.05, 0.1) is 158 Å². The van der Waals surface area contributed by atoms with Crippen molar-refractivity contribution >= 4 is 41.4 Å². The number of benzene rings is 1. The summed E-state index contributed by atoms with van der Waals surface area (Å²) in [6.07, 6.45) is 9.10. The Labute approximate surface area is 462 Å². The van der Waals surface area contributed by atoms with Crippen LogP contribution in [0.15, 0.2) is 55.0 Å². The van der Waals surface area contributed by atoms with E-state index >= 15 is 0 Å². The lowest BCUT2D eigenvalue weighted by atomic mass is 10.0. The Balaban J connectivity index is 0.995. The van der Waals surface area contributed by atoms with Gasteiger partial charge < -0.3 is 74.0 Å². The number of hydrogen-bond acceptors (Lipinski definition) is 20. The standard InChI is InChI=1S/C53H82N10O16/c1-41(2)47(64)35-59-53(69)46(31-43-9-6-5-7-10-43)60-49(66)37-55-48(65)36-56-51(68)40-79-30-29-77-28-27-76-26-25-75-24-23-74-22-21-73-20-19-72-18-17-71-16-15-70-14-12-63-38-45(61-62-63)34-54-50(67)39-78-13-8-11-44-32-57-52(42(3)4)58-33-44/h5-11,32-33,38,41-42,46H,12-31,34-37,39-40H2,1-4H3,(H,54,67)(H,55,65)(H,56,68)(H,59,69)(H,60,66)/t46-/m0/s1. The van der Waals surface area contributed by atoms with Gasteiger partial charge in [-0.3, -0.25) is 28.8 Å². The number of carbonyl (C=O) groups is 6. The van der Waals surface area contributed by atoms with Crippen molar-refractivity contribution in [2.24, 2.45) is 5.92 Å². The lowest BCUT2D eigenvalue weighted by Gasteiger charge is -2.19. The molecule has 5 amide bonds. The van der Waals surface area contributed by atoms with E-state index in [-0.39, 0.29) is 82.6 Å². The normalized spacial score (nSPS) is 11.8. The molecule has 26 heteroatoms. The van der Waals surface area contributed by atoms with Gasteiger partial charge in [-0.2, -0.15) is 0 Å². The van der Waals surface area contributed by atoms with Crippen molar-refractivity contribution in [2.75, 3.05) is 152 Å². The minimum absolute atomic E-state index is 0.0772. The Hall–Kier alpha value is -6.20. The van der Waals surface area contributed by atoms with Crippen molar-refractivity contribution in [1.29, 1.82) is 0 Å². The van der Waals surface area contributed by atoms with Crippen molar-refractivity contribution in [2.45, 2.75) is 59.2 Å². The highest BCUT2D eigenvalue weighted by molar-refractivity contribution is 5.93. The summed E-state index contributed by atoms with van der Waals surface area (Å²) in [6.45, 7) is 13.8. The second kappa shape index (κ2) is 43.7. The van der Waals surface area contributed by atoms with Crippen LogP contribution in [0.4, 0.5) is 0 Å². The number of ether oxygens (including phenoxy) is 10. The van der Waals surface area contributed by atoms with E-state index in [9.17, 15) is 28.8 Å². The topological polar surface area (TPSA) is 311 Å². The van der Waals surface area contributed by atoms with Crippen molar-refractivity contribution in [1.82, 2.24) is 51.5 Å². The number of aromatic nitrogens is 5. The van der Waals surface area contributed by atoms with Crippen molar-refractivity contribution in [3.63, 3.8) is 0 Å². The van der Waals surface area contributed by atoms with Crippen molar-refractivity contribution in [3.8, 4) is 0 Å². The van der Waals surface area contributed by atoms with Gasteiger partial charge in [0.1, 0.15) is 30.8 Å². The summed E-state index contributed by atoms with van der Waals surface area (Å²) in [5, 5.41) is 20.9. The zero-order valence-corrected chi connectivity index (χ0v) is 46.2. The van der Waals surface area contributed by atoms with Crippen LogP contribution in [0, 0.1) is 5.92 Å². The molecule has 0 unspecified atom stereocenters. The molecule has 1 atom stereocenters. The molecule has 0 fully saturated rings. The van der Waals surface area contributed by atoms with E-state index in [1.54, 1.807) is 55.3 Å². The first-order chi connectivity index (χ1) is 38.4. The summed E-state index contributed by atoms with van der Waals surface area (Å²) in [4.78, 5) is 82.5. The largest absolute Gasteiger partial charge is 0.377 e. The summed E-state index contributed by atoms with van der Waals surface area (Å²) in [5.41, 5.74) is 2.28. The summed E-state index contributed by atoms with van der Waals surface area (Å²) in [6, 6.07) is 8.08. The van der Waals surface area contributed by atoms with Gasteiger partial charge in [-0.15, -0.1) is 5.10 Å². The maximum atomic E-state index is 12.8. The predicted octanol–water partition coefficient (Wildman–Crippen LogP) is -0.0117. The molecule has 0 spiro atoms. The highest BCUT2D eigenvalue weighted by Crippen LogP contribution is 2.09. The monoisotopic (exact) mass is 1110 g/mol. The Kier molecular flexibility index (Phi) is 37.1. The molecule has 0 aliphatic heterocycles. The third kappa shape index (κ3) is 35.1. The molecule has 440 valence electrons. The maximum Gasteiger partial charge on any atom is 0.246 e. The van der Waals surface area contributed by atoms with Crippen LogP contribution in [0.3, 0.4) is 0 Å². The summed E-state index contributed by atoms with van der Waals surface area (Å²) >= 11 is 0. The number of carbonyl (C=O) groups excluding carboxylic acids is 6. The molecule has 26 nitrogen and oxygen atoms in total. The minimum atomic E-state index is -0.975. The summed E-state index contributed by atoms with van der Waals surface area (Å²) in [7, 11) is 0. The fraction of sp³-hybridized carbons (Fsp3) is 0.623. The van der Waals surface area contributed by atoms with Gasteiger partial charge in [0.15, 0.2) is 5.78 Å². The molecule has 3 rings (SSSR count). The van der Waals surface area contributed by atoms with Gasteiger partial charge in [0, 0.05) is 36.2 Å². The van der Waals surface area contributed by atoms with Gasteiger partial charge in [0.25, 0.3) is 0 Å². The first-order valence-corrected chi connectivity index (χ1v) is 26.5. The first-order valence-electron chi connectivity index (χ1n) is 26.5. The maximum absolute atomic E-state index is 12.8. The van der Waals surface area contributed by atoms with E-state index in [1.807, 2.05) is 38.1 Å². The first kappa shape index (κ1) is 67.1. The third-order valence-electron chi connectivity index (χ3n) is 10.6. The number of amides is 5. The van der Waals surface area contributed by atoms with Gasteiger partial charge >= 0.3 is 0 Å². The summed E-state index contributed by atoms with van der Waals surface area (Å²) < 4.78 is 56.4. The van der Waals surface area contributed by atoms with E-state index in [4.69, 9.17) is 47.4 Å². The highest BCUT2D eigenvalue weighted by atomic mass is 16.6. The number of rotatable bonds is 48. The quantitative estimate of drug-likeness (QED) is 0.0465. The lowest BCUT2D eigenvalue weighted by Crippen LogP contribution is -2.52. The SMILES string of the molecule is CC(C)C(=O)CNC(=O)[C@H](Cc1ccccc1)NC(=O)CNC(=O)CNC(=O)COCCOCCOCCOCCOCCOCCOCCOCCOCCn1cc(CNC(=O)COCC=Cc2cnc(C(C)C)nc2)nn1. The molecule has 0 saturated heterocycles. The molecule has 0 bridgehead atoms. The fourth-order valence-electron chi connectivity index (χ4n) is 6.26. The minimum Gasteiger partial charge on any atom is -0.377 e. The second-order valence-electron chi connectivity index (χ2n) is 17.9. The Morgan fingerprint density at radius 2 is 1.05 bits per heavy atom. The number of ketones is 1. The predicted molar refractivity (Wildman–Crippen MR) is 286 cm³/mol. The molecule has 5 N–H and O–H groups in total. The van der Waals surface area contributed by atoms with Crippen LogP contribution in [0.2, 0.25) is 0 Å². The van der Waals surface area contributed by atoms with Crippen LogP contribution in [-0.2, 0) is 95.6 Å². The molecule has 79 heavy (non-hydrogen) atoms. The molecular weight excluding hydrogens is 1030 g/mol. The number of Topliss-reactive ketones (excluding diaryl/α,β-unsaturated/α-hetero) is 1. The van der Waals surface area contributed by atoms with E-state index in [2.05, 4.69) is 46.9 Å². The Morgan fingerprint density at radius 1 is 0.557 bits per heavy atom. The van der Waals surface area contributed by atoms with Crippen LogP contribution >= 0.6 is 0 Å². The van der Waals surface area contributed by atoms with Gasteiger partial charge in [-0.05, 0) is 5.56 Å². The van der Waals surface area contributed by atoms with E-state index < -0.39 is 36.2 Å². The van der Waals surface area contributed by atoms with Gasteiger partial charge in [0.2, 0.25) is 29.5 Å². The van der Waals surface area contributed by atoms with Crippen LogP contribution in [0.1, 0.15) is 56.3 Å². The molecule has 3 aromatic rings. The zero-order valence-electron chi connectivity index (χ0n) is 46.2. The zero-order chi connectivity index (χ0) is 57.0. The van der Waals surface area contributed by atoms with Crippen LogP contribution in [0.5, 0.6) is 0 Å². The third-order valence-corrected chi connectivity index (χ3v) is 10.6. The van der Waals surface area contributed by atoms with Crippen LogP contribution < -0.4 is 26.6 Å². The van der Waals surface area contributed by atoms with E-state index in [0.29, 0.717) is 111 Å². The second-order valence-corrected chi connectivity index (χ2v) is 17.9. The summed E-state index contributed by atoms with van der Waals surface area (Å²) in [5.74, 6) is -1.88. The molecule has 2 heterocycles. The molecule has 0 aliphatic carbocycles. The van der Waals surface area contributed by atoms with Crippen molar-refractivity contribution < 1.29 is 76.1 Å². The number of nitrogens with one attached hydrogen (secondary N) is 5. The average molecular weight is 1120 g/mol. The smallest absolute Gasteiger partial charge is 0.246 e. The Bertz CT molecular complexity index is 2170. The molecule has 0 aliphatic rings. The highest BCUT2D eigenvalue weighted by Gasteiger charge is 2.23. The molecular formula is C53H82N10O16. The average Bonchev–Trinajstić information content (AvgIpc) is 3.91. The van der Waals surface area contributed by atoms with Crippen LogP contribution in [0.25, 0.3) is 6.08 Å². The Morgan fingerprint density at radius 3 is 1.59 bits per heavy atom. The van der Waals surface area contributed by atoms with Crippen molar-refractivity contribution in [3.05, 3.63) is 77.6 Å². The van der Waals surface area contributed by atoms with E-state index in [0.717, 1.165) is 17.0 Å². The van der Waals surface area contributed by atoms with E-state index in [1.165, 1.54) is 0 Å². The molecule has 0 saturated carbocycles. The number of hydrogen-bond donors (Lipinski definition) is 5. The number of nitrogens with zero attached hydrogens (tertiary/aromatic N) is 5. The molecule has 1 aromatic carbocycles. The molecule has 0 radical (unpaired) electrons.